The molecule has 0 radical (unpaired) electrons. The second-order valence-electron chi connectivity index (χ2n) is 6.78. The number of hydrogen-bond donors (Lipinski definition) is 3. The minimum atomic E-state index is -3.64. The third-order valence-electron chi connectivity index (χ3n) is 4.47. The smallest absolute Gasteiger partial charge is 0.251 e. The highest BCUT2D eigenvalue weighted by Crippen LogP contribution is 2.17. The van der Waals surface area contributed by atoms with Crippen molar-refractivity contribution in [2.45, 2.75) is 24.7 Å². The van der Waals surface area contributed by atoms with Gasteiger partial charge in [0.05, 0.1) is 10.6 Å². The van der Waals surface area contributed by atoms with Gasteiger partial charge in [0, 0.05) is 31.5 Å². The monoisotopic (exact) mass is 430 g/mol. The molecule has 1 fully saturated rings. The van der Waals surface area contributed by atoms with Gasteiger partial charge in [0.25, 0.3) is 5.91 Å². The van der Waals surface area contributed by atoms with Crippen LogP contribution < -0.4 is 20.5 Å². The quantitative estimate of drug-likeness (QED) is 0.562. The summed E-state index contributed by atoms with van der Waals surface area (Å²) in [4.78, 5) is 35.8. The van der Waals surface area contributed by atoms with Crippen molar-refractivity contribution in [1.29, 1.82) is 0 Å². The van der Waals surface area contributed by atoms with E-state index >= 15 is 0 Å². The van der Waals surface area contributed by atoms with Crippen LogP contribution in [0.3, 0.4) is 0 Å². The summed E-state index contributed by atoms with van der Waals surface area (Å²) in [5.74, 6) is -0.859. The summed E-state index contributed by atoms with van der Waals surface area (Å²) in [5, 5.41) is 3.79. The molecule has 1 aliphatic heterocycles. The lowest BCUT2D eigenvalue weighted by Gasteiger charge is -2.27. The maximum atomic E-state index is 12.2. The Hall–Kier alpha value is -3.24. The minimum absolute atomic E-state index is 0.0361. The maximum Gasteiger partial charge on any atom is 0.251 e. The zero-order valence-corrected chi connectivity index (χ0v) is 17.2. The van der Waals surface area contributed by atoms with Crippen LogP contribution >= 0.6 is 0 Å². The SMILES string of the molecule is Cc1ccc(S(=O)(=O)NCCNC(=O)c2ccc(N3NC(=O)CCC3=O)cc2)cc1. The fourth-order valence-corrected chi connectivity index (χ4v) is 3.84. The largest absolute Gasteiger partial charge is 0.351 e. The van der Waals surface area contributed by atoms with Crippen LogP contribution in [0.2, 0.25) is 0 Å². The van der Waals surface area contributed by atoms with Crippen molar-refractivity contribution >= 4 is 33.4 Å². The highest BCUT2D eigenvalue weighted by Gasteiger charge is 2.24. The third kappa shape index (κ3) is 5.22. The summed E-state index contributed by atoms with van der Waals surface area (Å²) in [6.07, 6.45) is 0.288. The second kappa shape index (κ2) is 9.06. The van der Waals surface area contributed by atoms with Crippen LogP contribution in [0.1, 0.15) is 28.8 Å². The molecule has 0 aliphatic carbocycles. The minimum Gasteiger partial charge on any atom is -0.351 e. The number of aryl methyl sites for hydroxylation is 1. The first kappa shape index (κ1) is 21.5. The first-order valence-electron chi connectivity index (χ1n) is 9.33. The van der Waals surface area contributed by atoms with Crippen LogP contribution in [-0.2, 0) is 19.6 Å². The first-order valence-corrected chi connectivity index (χ1v) is 10.8. The van der Waals surface area contributed by atoms with Crippen molar-refractivity contribution in [3.8, 4) is 0 Å². The number of anilines is 1. The Balaban J connectivity index is 1.51. The van der Waals surface area contributed by atoms with E-state index in [-0.39, 0.29) is 48.5 Å². The molecule has 0 unspecified atom stereocenters. The number of hydrazine groups is 1. The van der Waals surface area contributed by atoms with Crippen LogP contribution in [0.5, 0.6) is 0 Å². The Morgan fingerprint density at radius 1 is 1.00 bits per heavy atom. The molecule has 158 valence electrons. The summed E-state index contributed by atoms with van der Waals surface area (Å²) >= 11 is 0. The normalized spacial score (nSPS) is 14.4. The van der Waals surface area contributed by atoms with Gasteiger partial charge >= 0.3 is 0 Å². The Labute approximate surface area is 174 Å². The summed E-state index contributed by atoms with van der Waals surface area (Å²) < 4.78 is 26.9. The molecular weight excluding hydrogens is 408 g/mol. The standard InChI is InChI=1S/C20H22N4O5S/c1-14-2-8-17(9-3-14)30(28,29)22-13-12-21-20(27)15-4-6-16(7-5-15)24-19(26)11-10-18(25)23-24/h2-9,22H,10-13H2,1H3,(H,21,27)(H,23,25). The number of rotatable bonds is 7. The number of benzene rings is 2. The topological polar surface area (TPSA) is 125 Å². The second-order valence-corrected chi connectivity index (χ2v) is 8.54. The molecule has 30 heavy (non-hydrogen) atoms. The van der Waals surface area contributed by atoms with Gasteiger partial charge in [-0.3, -0.25) is 19.8 Å². The highest BCUT2D eigenvalue weighted by molar-refractivity contribution is 7.89. The predicted octanol–water partition coefficient (Wildman–Crippen LogP) is 0.861. The molecule has 0 bridgehead atoms. The van der Waals surface area contributed by atoms with Crippen molar-refractivity contribution in [3.63, 3.8) is 0 Å². The van der Waals surface area contributed by atoms with Crippen LogP contribution in [-0.4, -0.2) is 39.2 Å². The average Bonchev–Trinajstić information content (AvgIpc) is 2.73. The van der Waals surface area contributed by atoms with E-state index in [9.17, 15) is 22.8 Å². The zero-order chi connectivity index (χ0) is 21.7. The Morgan fingerprint density at radius 2 is 1.67 bits per heavy atom. The van der Waals surface area contributed by atoms with Crippen molar-refractivity contribution in [2.24, 2.45) is 0 Å². The molecule has 1 heterocycles. The highest BCUT2D eigenvalue weighted by atomic mass is 32.2. The molecule has 0 saturated carbocycles. The van der Waals surface area contributed by atoms with Crippen LogP contribution in [0.4, 0.5) is 5.69 Å². The molecule has 9 nitrogen and oxygen atoms in total. The van der Waals surface area contributed by atoms with Gasteiger partial charge in [0.15, 0.2) is 0 Å². The zero-order valence-electron chi connectivity index (χ0n) is 16.3. The molecule has 0 aromatic heterocycles. The molecule has 3 N–H and O–H groups in total. The van der Waals surface area contributed by atoms with E-state index in [0.717, 1.165) is 10.6 Å². The van der Waals surface area contributed by atoms with E-state index in [1.54, 1.807) is 24.3 Å². The average molecular weight is 430 g/mol. The molecule has 1 saturated heterocycles. The number of carbonyl (C=O) groups excluding carboxylic acids is 3. The number of amides is 3. The van der Waals surface area contributed by atoms with Gasteiger partial charge in [-0.2, -0.15) is 0 Å². The Bertz CT molecular complexity index is 1050. The first-order chi connectivity index (χ1) is 14.3. The number of nitrogens with zero attached hydrogens (tertiary/aromatic N) is 1. The van der Waals surface area contributed by atoms with E-state index in [1.807, 2.05) is 6.92 Å². The number of carbonyl (C=O) groups is 3. The summed E-state index contributed by atoms with van der Waals surface area (Å²) in [5.41, 5.74) is 4.24. The van der Waals surface area contributed by atoms with Gasteiger partial charge in [-0.1, -0.05) is 17.7 Å². The van der Waals surface area contributed by atoms with E-state index in [2.05, 4.69) is 15.5 Å². The van der Waals surface area contributed by atoms with E-state index < -0.39 is 10.0 Å². The lowest BCUT2D eigenvalue weighted by atomic mass is 10.1. The maximum absolute atomic E-state index is 12.2. The van der Waals surface area contributed by atoms with Gasteiger partial charge in [0.1, 0.15) is 0 Å². The van der Waals surface area contributed by atoms with Gasteiger partial charge in [-0.15, -0.1) is 0 Å². The molecule has 0 atom stereocenters. The van der Waals surface area contributed by atoms with Gasteiger partial charge in [-0.25, -0.2) is 18.1 Å². The van der Waals surface area contributed by atoms with Gasteiger partial charge in [-0.05, 0) is 43.3 Å². The Kier molecular flexibility index (Phi) is 6.48. The van der Waals surface area contributed by atoms with E-state index in [0.29, 0.717) is 11.3 Å². The molecule has 10 heteroatoms. The van der Waals surface area contributed by atoms with Crippen molar-refractivity contribution in [3.05, 3.63) is 59.7 Å². The van der Waals surface area contributed by atoms with Crippen LogP contribution in [0, 0.1) is 6.92 Å². The number of hydrogen-bond acceptors (Lipinski definition) is 5. The van der Waals surface area contributed by atoms with Crippen LogP contribution in [0.25, 0.3) is 0 Å². The molecule has 3 amide bonds. The van der Waals surface area contributed by atoms with Crippen molar-refractivity contribution in [2.75, 3.05) is 18.1 Å². The predicted molar refractivity (Wildman–Crippen MR) is 110 cm³/mol. The molecule has 1 aliphatic rings. The van der Waals surface area contributed by atoms with E-state index in [1.165, 1.54) is 24.3 Å². The molecule has 2 aromatic carbocycles. The summed E-state index contributed by atoms with van der Waals surface area (Å²) in [7, 11) is -3.64. The molecule has 0 spiro atoms. The fourth-order valence-electron chi connectivity index (χ4n) is 2.81. The fraction of sp³-hybridized carbons (Fsp3) is 0.250. The third-order valence-corrected chi connectivity index (χ3v) is 5.95. The summed E-state index contributed by atoms with van der Waals surface area (Å²) in [6.45, 7) is 2.01. The lowest BCUT2D eigenvalue weighted by Crippen LogP contribution is -2.50. The molecule has 2 aromatic rings. The number of sulfonamides is 1. The number of nitrogens with one attached hydrogen (secondary N) is 3. The van der Waals surface area contributed by atoms with Crippen LogP contribution in [0.15, 0.2) is 53.4 Å². The lowest BCUT2D eigenvalue weighted by molar-refractivity contribution is -0.130. The van der Waals surface area contributed by atoms with Gasteiger partial charge < -0.3 is 5.32 Å². The molecule has 3 rings (SSSR count). The Morgan fingerprint density at radius 3 is 2.33 bits per heavy atom. The van der Waals surface area contributed by atoms with E-state index in [4.69, 9.17) is 0 Å². The van der Waals surface area contributed by atoms with Gasteiger partial charge in [0.2, 0.25) is 21.8 Å². The molecular formula is C20H22N4O5S. The van der Waals surface area contributed by atoms with Crippen molar-refractivity contribution in [1.82, 2.24) is 15.5 Å². The van der Waals surface area contributed by atoms with Crippen molar-refractivity contribution < 1.29 is 22.8 Å². The summed E-state index contributed by atoms with van der Waals surface area (Å²) in [6, 6.07) is 12.6.